The van der Waals surface area contributed by atoms with Gasteiger partial charge in [-0.2, -0.15) is 0 Å². The molecule has 5 heteroatoms. The highest BCUT2D eigenvalue weighted by molar-refractivity contribution is 7.90. The Morgan fingerprint density at radius 1 is 1.38 bits per heavy atom. The van der Waals surface area contributed by atoms with Gasteiger partial charge in [-0.3, -0.25) is 0 Å². The number of hydrogen-bond donors (Lipinski definition) is 0. The summed E-state index contributed by atoms with van der Waals surface area (Å²) in [6.07, 6.45) is 0. The maximum atomic E-state index is 11.3. The van der Waals surface area contributed by atoms with Crippen LogP contribution < -0.4 is 0 Å². The van der Waals surface area contributed by atoms with Crippen LogP contribution in [0.3, 0.4) is 0 Å². The number of nitrogens with zero attached hydrogens (tertiary/aromatic N) is 1. The first-order valence-corrected chi connectivity index (χ1v) is 5.90. The molecule has 0 fully saturated rings. The molecule has 13 heavy (non-hydrogen) atoms. The predicted octanol–water partition coefficient (Wildman–Crippen LogP) is 1.23. The third-order valence-electron chi connectivity index (χ3n) is 1.99. The number of rotatable bonds is 3. The highest BCUT2D eigenvalue weighted by atomic mass is 32.2. The van der Waals surface area contributed by atoms with Gasteiger partial charge in [-0.15, -0.1) is 0 Å². The topological polar surface area (TPSA) is 60.2 Å². The Morgan fingerprint density at radius 3 is 2.38 bits per heavy atom. The van der Waals surface area contributed by atoms with Crippen LogP contribution in [0.2, 0.25) is 0 Å². The zero-order chi connectivity index (χ0) is 10.1. The standard InChI is InChI=1S/C8H13NO3S/c1-4-13(10,11)5-8-6(2)9-12-7(8)3/h4-5H2,1-3H3. The van der Waals surface area contributed by atoms with Crippen LogP contribution in [-0.4, -0.2) is 19.3 Å². The van der Waals surface area contributed by atoms with Crippen molar-refractivity contribution in [1.82, 2.24) is 5.16 Å². The van der Waals surface area contributed by atoms with E-state index in [-0.39, 0.29) is 11.5 Å². The molecule has 1 heterocycles. The lowest BCUT2D eigenvalue weighted by molar-refractivity contribution is 0.392. The summed E-state index contributed by atoms with van der Waals surface area (Å²) < 4.78 is 27.5. The van der Waals surface area contributed by atoms with E-state index in [0.717, 1.165) is 0 Å². The van der Waals surface area contributed by atoms with E-state index in [1.54, 1.807) is 20.8 Å². The molecule has 0 aromatic carbocycles. The molecule has 0 amide bonds. The first kappa shape index (κ1) is 10.2. The van der Waals surface area contributed by atoms with Crippen molar-refractivity contribution in [1.29, 1.82) is 0 Å². The van der Waals surface area contributed by atoms with Crippen LogP contribution in [0.4, 0.5) is 0 Å². The molecule has 1 rings (SSSR count). The molecule has 0 spiro atoms. The number of aromatic nitrogens is 1. The van der Waals surface area contributed by atoms with E-state index in [1.165, 1.54) is 0 Å². The van der Waals surface area contributed by atoms with Gasteiger partial charge < -0.3 is 4.52 Å². The zero-order valence-electron chi connectivity index (χ0n) is 7.99. The molecule has 0 saturated heterocycles. The highest BCUT2D eigenvalue weighted by Crippen LogP contribution is 2.15. The molecule has 4 nitrogen and oxygen atoms in total. The van der Waals surface area contributed by atoms with E-state index in [0.29, 0.717) is 17.0 Å². The van der Waals surface area contributed by atoms with Crippen molar-refractivity contribution < 1.29 is 12.9 Å². The second kappa shape index (κ2) is 3.49. The SMILES string of the molecule is CCS(=O)(=O)Cc1c(C)noc1C. The maximum Gasteiger partial charge on any atom is 0.154 e. The van der Waals surface area contributed by atoms with Crippen molar-refractivity contribution >= 4 is 9.84 Å². The van der Waals surface area contributed by atoms with Gasteiger partial charge in [0.25, 0.3) is 0 Å². The fraction of sp³-hybridized carbons (Fsp3) is 0.625. The summed E-state index contributed by atoms with van der Waals surface area (Å²) in [6.45, 7) is 5.10. The van der Waals surface area contributed by atoms with Crippen molar-refractivity contribution in [3.05, 3.63) is 17.0 Å². The van der Waals surface area contributed by atoms with E-state index in [1.807, 2.05) is 0 Å². The van der Waals surface area contributed by atoms with Crippen LogP contribution in [-0.2, 0) is 15.6 Å². The van der Waals surface area contributed by atoms with Crippen molar-refractivity contribution in [2.24, 2.45) is 0 Å². The summed E-state index contributed by atoms with van der Waals surface area (Å²) in [5.74, 6) is 0.774. The molecule has 0 atom stereocenters. The van der Waals surface area contributed by atoms with Gasteiger partial charge in [0.05, 0.1) is 11.4 Å². The van der Waals surface area contributed by atoms with E-state index < -0.39 is 9.84 Å². The van der Waals surface area contributed by atoms with Gasteiger partial charge in [0, 0.05) is 11.3 Å². The summed E-state index contributed by atoms with van der Waals surface area (Å²) in [5, 5.41) is 3.70. The first-order chi connectivity index (χ1) is 5.96. The largest absolute Gasteiger partial charge is 0.361 e. The first-order valence-electron chi connectivity index (χ1n) is 4.08. The van der Waals surface area contributed by atoms with Gasteiger partial charge in [-0.1, -0.05) is 12.1 Å². The molecule has 0 bridgehead atoms. The Kier molecular flexibility index (Phi) is 2.75. The van der Waals surface area contributed by atoms with Crippen molar-refractivity contribution in [2.45, 2.75) is 26.5 Å². The second-order valence-electron chi connectivity index (χ2n) is 2.98. The second-order valence-corrected chi connectivity index (χ2v) is 5.33. The van der Waals surface area contributed by atoms with Crippen LogP contribution in [0.25, 0.3) is 0 Å². The van der Waals surface area contributed by atoms with Crippen LogP contribution in [0.15, 0.2) is 4.52 Å². The maximum absolute atomic E-state index is 11.3. The lowest BCUT2D eigenvalue weighted by Crippen LogP contribution is -2.07. The fourth-order valence-corrected chi connectivity index (χ4v) is 2.09. The van der Waals surface area contributed by atoms with Gasteiger partial charge in [-0.05, 0) is 13.8 Å². The van der Waals surface area contributed by atoms with Gasteiger partial charge in [0.2, 0.25) is 0 Å². The molecular formula is C8H13NO3S. The summed E-state index contributed by atoms with van der Waals surface area (Å²) in [5.41, 5.74) is 1.36. The molecule has 1 aromatic heterocycles. The minimum atomic E-state index is -2.99. The van der Waals surface area contributed by atoms with Crippen LogP contribution in [0.5, 0.6) is 0 Å². The lowest BCUT2D eigenvalue weighted by atomic mass is 10.2. The number of aryl methyl sites for hydroxylation is 2. The van der Waals surface area contributed by atoms with Crippen molar-refractivity contribution in [2.75, 3.05) is 5.75 Å². The molecule has 0 aliphatic heterocycles. The molecule has 0 N–H and O–H groups in total. The minimum absolute atomic E-state index is 0.0324. The van der Waals surface area contributed by atoms with Crippen molar-refractivity contribution in [3.63, 3.8) is 0 Å². The number of sulfone groups is 1. The average Bonchev–Trinajstić information content (AvgIpc) is 2.36. The summed E-state index contributed by atoms with van der Waals surface area (Å²) in [7, 11) is -2.99. The van der Waals surface area contributed by atoms with Gasteiger partial charge in [0.1, 0.15) is 5.76 Å². The monoisotopic (exact) mass is 203 g/mol. The molecule has 0 aliphatic rings. The minimum Gasteiger partial charge on any atom is -0.361 e. The third kappa shape index (κ3) is 2.30. The fourth-order valence-electron chi connectivity index (χ4n) is 1.03. The summed E-state index contributed by atoms with van der Waals surface area (Å²) in [4.78, 5) is 0. The van der Waals surface area contributed by atoms with E-state index in [9.17, 15) is 8.42 Å². The summed E-state index contributed by atoms with van der Waals surface area (Å²) in [6, 6.07) is 0. The highest BCUT2D eigenvalue weighted by Gasteiger charge is 2.16. The average molecular weight is 203 g/mol. The third-order valence-corrected chi connectivity index (χ3v) is 3.59. The molecular weight excluding hydrogens is 190 g/mol. The molecule has 0 radical (unpaired) electrons. The van der Waals surface area contributed by atoms with Crippen LogP contribution in [0.1, 0.15) is 23.9 Å². The van der Waals surface area contributed by atoms with Gasteiger partial charge >= 0.3 is 0 Å². The van der Waals surface area contributed by atoms with Gasteiger partial charge in [-0.25, -0.2) is 8.42 Å². The molecule has 0 unspecified atom stereocenters. The Balaban J connectivity index is 2.99. The van der Waals surface area contributed by atoms with Crippen LogP contribution in [0, 0.1) is 13.8 Å². The lowest BCUT2D eigenvalue weighted by Gasteiger charge is -1.99. The van der Waals surface area contributed by atoms with E-state index in [4.69, 9.17) is 4.52 Å². The smallest absolute Gasteiger partial charge is 0.154 e. The van der Waals surface area contributed by atoms with Crippen LogP contribution >= 0.6 is 0 Å². The predicted molar refractivity (Wildman–Crippen MR) is 49.1 cm³/mol. The molecule has 0 saturated carbocycles. The Bertz CT molecular complexity index is 372. The normalized spacial score (nSPS) is 11.9. The number of hydrogen-bond acceptors (Lipinski definition) is 4. The Morgan fingerprint density at radius 2 is 2.00 bits per heavy atom. The van der Waals surface area contributed by atoms with E-state index >= 15 is 0 Å². The van der Waals surface area contributed by atoms with Gasteiger partial charge in [0.15, 0.2) is 9.84 Å². The zero-order valence-corrected chi connectivity index (χ0v) is 8.81. The summed E-state index contributed by atoms with van der Waals surface area (Å²) >= 11 is 0. The molecule has 0 aliphatic carbocycles. The molecule has 74 valence electrons. The molecule has 1 aromatic rings. The van der Waals surface area contributed by atoms with Crippen molar-refractivity contribution in [3.8, 4) is 0 Å². The Hall–Kier alpha value is -0.840. The van der Waals surface area contributed by atoms with E-state index in [2.05, 4.69) is 5.16 Å². The Labute approximate surface area is 77.8 Å². The quantitative estimate of drug-likeness (QED) is 0.741.